The SMILES string of the molecule is CCCN(CCC)Cc1c(O)ccc2oc(C)c(C(=O)c3cc(OC)ccc3OC)c12. The van der Waals surface area contributed by atoms with Crippen molar-refractivity contribution < 1.29 is 23.8 Å². The molecule has 0 spiro atoms. The summed E-state index contributed by atoms with van der Waals surface area (Å²) >= 11 is 0. The topological polar surface area (TPSA) is 72.1 Å². The average Bonchev–Trinajstić information content (AvgIpc) is 3.11. The highest BCUT2D eigenvalue weighted by atomic mass is 16.5. The number of hydrogen-bond donors (Lipinski definition) is 1. The Morgan fingerprint density at radius 2 is 1.77 bits per heavy atom. The number of aryl methyl sites for hydroxylation is 1. The van der Waals surface area contributed by atoms with E-state index >= 15 is 0 Å². The molecule has 0 saturated carbocycles. The summed E-state index contributed by atoms with van der Waals surface area (Å²) in [5.74, 6) is 1.47. The molecule has 0 aliphatic carbocycles. The predicted molar refractivity (Wildman–Crippen MR) is 121 cm³/mol. The smallest absolute Gasteiger partial charge is 0.201 e. The lowest BCUT2D eigenvalue weighted by molar-refractivity contribution is 0.103. The number of carbonyl (C=O) groups excluding carboxylic acids is 1. The quantitative estimate of drug-likeness (QED) is 0.444. The third-order valence-electron chi connectivity index (χ3n) is 5.45. The van der Waals surface area contributed by atoms with Gasteiger partial charge in [0.05, 0.1) is 25.3 Å². The van der Waals surface area contributed by atoms with Crippen molar-refractivity contribution in [3.63, 3.8) is 0 Å². The van der Waals surface area contributed by atoms with Crippen LogP contribution < -0.4 is 9.47 Å². The maximum absolute atomic E-state index is 13.7. The monoisotopic (exact) mass is 425 g/mol. The van der Waals surface area contributed by atoms with Crippen LogP contribution in [0.1, 0.15) is 53.9 Å². The summed E-state index contributed by atoms with van der Waals surface area (Å²) in [6, 6.07) is 8.48. The molecule has 6 nitrogen and oxygen atoms in total. The van der Waals surface area contributed by atoms with Crippen molar-refractivity contribution in [2.45, 2.75) is 40.2 Å². The summed E-state index contributed by atoms with van der Waals surface area (Å²) < 4.78 is 16.7. The molecule has 0 aliphatic rings. The van der Waals surface area contributed by atoms with Crippen LogP contribution in [0.15, 0.2) is 34.7 Å². The van der Waals surface area contributed by atoms with Gasteiger partial charge in [0.2, 0.25) is 5.78 Å². The molecular weight excluding hydrogens is 394 g/mol. The molecule has 1 aromatic heterocycles. The lowest BCUT2D eigenvalue weighted by atomic mass is 9.96. The van der Waals surface area contributed by atoms with E-state index in [2.05, 4.69) is 18.7 Å². The van der Waals surface area contributed by atoms with Crippen LogP contribution in [0, 0.1) is 6.92 Å². The summed E-state index contributed by atoms with van der Waals surface area (Å²) in [4.78, 5) is 16.0. The number of phenols is 1. The number of benzene rings is 2. The highest BCUT2D eigenvalue weighted by Crippen LogP contribution is 2.37. The van der Waals surface area contributed by atoms with Crippen LogP contribution in [-0.2, 0) is 6.54 Å². The summed E-state index contributed by atoms with van der Waals surface area (Å²) in [5.41, 5.74) is 2.13. The van der Waals surface area contributed by atoms with Gasteiger partial charge in [-0.2, -0.15) is 0 Å². The van der Waals surface area contributed by atoms with Crippen molar-refractivity contribution in [3.8, 4) is 17.2 Å². The van der Waals surface area contributed by atoms with Crippen molar-refractivity contribution in [2.75, 3.05) is 27.3 Å². The Morgan fingerprint density at radius 1 is 1.06 bits per heavy atom. The number of aromatic hydroxyl groups is 1. The van der Waals surface area contributed by atoms with Crippen LogP contribution in [0.5, 0.6) is 17.2 Å². The van der Waals surface area contributed by atoms with Crippen LogP contribution in [-0.4, -0.2) is 43.1 Å². The minimum atomic E-state index is -0.226. The van der Waals surface area contributed by atoms with Gasteiger partial charge in [0.25, 0.3) is 0 Å². The minimum Gasteiger partial charge on any atom is -0.508 e. The van der Waals surface area contributed by atoms with Crippen molar-refractivity contribution in [2.24, 2.45) is 0 Å². The average molecular weight is 426 g/mol. The molecule has 0 atom stereocenters. The zero-order valence-electron chi connectivity index (χ0n) is 18.9. The van der Waals surface area contributed by atoms with Gasteiger partial charge in [-0.15, -0.1) is 0 Å². The number of ketones is 1. The maximum Gasteiger partial charge on any atom is 0.201 e. The summed E-state index contributed by atoms with van der Waals surface area (Å²) in [6.45, 7) is 8.40. The first-order valence-corrected chi connectivity index (χ1v) is 10.7. The molecule has 2 aromatic carbocycles. The van der Waals surface area contributed by atoms with Gasteiger partial charge in [0.1, 0.15) is 28.6 Å². The molecule has 0 radical (unpaired) electrons. The van der Waals surface area contributed by atoms with E-state index in [4.69, 9.17) is 13.9 Å². The fraction of sp³-hybridized carbons (Fsp3) is 0.400. The van der Waals surface area contributed by atoms with E-state index in [0.29, 0.717) is 51.5 Å². The Hall–Kier alpha value is -2.99. The first-order chi connectivity index (χ1) is 14.9. The molecule has 0 fully saturated rings. The van der Waals surface area contributed by atoms with Gasteiger partial charge in [0.15, 0.2) is 0 Å². The molecule has 6 heteroatoms. The number of rotatable bonds is 10. The fourth-order valence-electron chi connectivity index (χ4n) is 4.05. The van der Waals surface area contributed by atoms with Gasteiger partial charge in [-0.05, 0) is 63.2 Å². The standard InChI is InChI=1S/C25H31NO5/c1-6-12-26(13-7-2)15-19-20(27)9-11-22-24(19)23(16(3)31-22)25(28)18-14-17(29-4)8-10-21(18)30-5/h8-11,14,27H,6-7,12-13,15H2,1-5H3. The van der Waals surface area contributed by atoms with Crippen molar-refractivity contribution in [1.82, 2.24) is 4.90 Å². The number of furan rings is 1. The number of hydrogen-bond acceptors (Lipinski definition) is 6. The Balaban J connectivity index is 2.19. The Labute approximate surface area is 183 Å². The molecule has 0 aliphatic heterocycles. The maximum atomic E-state index is 13.7. The highest BCUT2D eigenvalue weighted by Gasteiger charge is 2.26. The second-order valence-electron chi connectivity index (χ2n) is 7.64. The zero-order chi connectivity index (χ0) is 22.5. The van der Waals surface area contributed by atoms with E-state index in [-0.39, 0.29) is 11.5 Å². The lowest BCUT2D eigenvalue weighted by Gasteiger charge is -2.22. The van der Waals surface area contributed by atoms with Gasteiger partial charge >= 0.3 is 0 Å². The van der Waals surface area contributed by atoms with Crippen LogP contribution >= 0.6 is 0 Å². The molecule has 3 aromatic rings. The predicted octanol–water partition coefficient (Wildman–Crippen LogP) is 5.32. The number of phenolic OH excluding ortho intramolecular Hbond substituents is 1. The number of methoxy groups -OCH3 is 2. The van der Waals surface area contributed by atoms with Crippen molar-refractivity contribution in [3.05, 3.63) is 52.8 Å². The molecular formula is C25H31NO5. The normalized spacial score (nSPS) is 11.3. The Morgan fingerprint density at radius 3 is 2.39 bits per heavy atom. The minimum absolute atomic E-state index is 0.164. The number of fused-ring (bicyclic) bond motifs is 1. The highest BCUT2D eigenvalue weighted by molar-refractivity contribution is 6.19. The zero-order valence-corrected chi connectivity index (χ0v) is 18.9. The number of ether oxygens (including phenoxy) is 2. The third-order valence-corrected chi connectivity index (χ3v) is 5.45. The van der Waals surface area contributed by atoms with Crippen molar-refractivity contribution in [1.29, 1.82) is 0 Å². The summed E-state index contributed by atoms with van der Waals surface area (Å²) in [6.07, 6.45) is 2.02. The summed E-state index contributed by atoms with van der Waals surface area (Å²) in [7, 11) is 3.09. The first-order valence-electron chi connectivity index (χ1n) is 10.7. The van der Waals surface area contributed by atoms with Crippen LogP contribution in [0.3, 0.4) is 0 Å². The van der Waals surface area contributed by atoms with Crippen LogP contribution in [0.2, 0.25) is 0 Å². The van der Waals surface area contributed by atoms with Gasteiger partial charge < -0.3 is 19.0 Å². The van der Waals surface area contributed by atoms with E-state index in [1.807, 2.05) is 0 Å². The van der Waals surface area contributed by atoms with E-state index in [1.165, 1.54) is 7.11 Å². The molecule has 0 bridgehead atoms. The largest absolute Gasteiger partial charge is 0.508 e. The van der Waals surface area contributed by atoms with E-state index in [0.717, 1.165) is 25.9 Å². The Kier molecular flexibility index (Phi) is 7.23. The Bertz CT molecular complexity index is 1060. The van der Waals surface area contributed by atoms with Crippen LogP contribution in [0.25, 0.3) is 11.0 Å². The second-order valence-corrected chi connectivity index (χ2v) is 7.64. The van der Waals surface area contributed by atoms with Crippen LogP contribution in [0.4, 0.5) is 0 Å². The van der Waals surface area contributed by atoms with E-state index in [1.54, 1.807) is 44.4 Å². The van der Waals surface area contributed by atoms with Crippen molar-refractivity contribution >= 4 is 16.8 Å². The second kappa shape index (κ2) is 9.88. The summed E-state index contributed by atoms with van der Waals surface area (Å²) in [5, 5.41) is 11.4. The van der Waals surface area contributed by atoms with Gasteiger partial charge in [-0.3, -0.25) is 9.69 Å². The number of nitrogens with zero attached hydrogens (tertiary/aromatic N) is 1. The van der Waals surface area contributed by atoms with Gasteiger partial charge in [-0.25, -0.2) is 0 Å². The van der Waals surface area contributed by atoms with E-state index < -0.39 is 0 Å². The molecule has 0 amide bonds. The molecule has 3 rings (SSSR count). The molecule has 0 unspecified atom stereocenters. The first kappa shape index (κ1) is 22.7. The molecule has 1 N–H and O–H groups in total. The molecule has 31 heavy (non-hydrogen) atoms. The molecule has 166 valence electrons. The van der Waals surface area contributed by atoms with Gasteiger partial charge in [0, 0.05) is 17.5 Å². The van der Waals surface area contributed by atoms with E-state index in [9.17, 15) is 9.90 Å². The molecule has 0 saturated heterocycles. The number of carbonyl (C=O) groups is 1. The lowest BCUT2D eigenvalue weighted by Crippen LogP contribution is -2.25. The molecule has 1 heterocycles. The van der Waals surface area contributed by atoms with Gasteiger partial charge in [-0.1, -0.05) is 13.8 Å². The third kappa shape index (κ3) is 4.54. The fourth-order valence-corrected chi connectivity index (χ4v) is 4.05.